The first-order valence-electron chi connectivity index (χ1n) is 5.60. The SMILES string of the molecule is O=c1[nH]cnc2nc(NN=Cc3ccccc3)[nH]c12. The van der Waals surface area contributed by atoms with Crippen molar-refractivity contribution in [3.8, 4) is 0 Å². The summed E-state index contributed by atoms with van der Waals surface area (Å²) in [5.74, 6) is 0.367. The summed E-state index contributed by atoms with van der Waals surface area (Å²) >= 11 is 0. The lowest BCUT2D eigenvalue weighted by molar-refractivity contribution is 1.15. The van der Waals surface area contributed by atoms with E-state index in [-0.39, 0.29) is 5.56 Å². The molecule has 2 aromatic heterocycles. The van der Waals surface area contributed by atoms with Crippen molar-refractivity contribution in [3.05, 3.63) is 52.6 Å². The van der Waals surface area contributed by atoms with Crippen LogP contribution in [0.5, 0.6) is 0 Å². The molecule has 3 N–H and O–H groups in total. The molecule has 7 heteroatoms. The Morgan fingerprint density at radius 1 is 1.26 bits per heavy atom. The van der Waals surface area contributed by atoms with Crippen LogP contribution in [0.3, 0.4) is 0 Å². The van der Waals surface area contributed by atoms with E-state index >= 15 is 0 Å². The summed E-state index contributed by atoms with van der Waals surface area (Å²) in [7, 11) is 0. The number of nitrogens with one attached hydrogen (secondary N) is 3. The van der Waals surface area contributed by atoms with Crippen LogP contribution >= 0.6 is 0 Å². The number of hydrogen-bond donors (Lipinski definition) is 3. The molecule has 0 saturated heterocycles. The predicted octanol–water partition coefficient (Wildman–Crippen LogP) is 1.09. The molecule has 94 valence electrons. The molecule has 0 aliphatic carbocycles. The van der Waals surface area contributed by atoms with Gasteiger partial charge in [-0.2, -0.15) is 10.1 Å². The second-order valence-electron chi connectivity index (χ2n) is 3.80. The van der Waals surface area contributed by atoms with E-state index in [4.69, 9.17) is 0 Å². The molecule has 1 aromatic carbocycles. The number of nitrogens with zero attached hydrogens (tertiary/aromatic N) is 3. The number of aromatic amines is 2. The fourth-order valence-corrected chi connectivity index (χ4v) is 1.60. The fourth-order valence-electron chi connectivity index (χ4n) is 1.60. The van der Waals surface area contributed by atoms with E-state index in [1.807, 2.05) is 30.3 Å². The van der Waals surface area contributed by atoms with E-state index in [9.17, 15) is 4.79 Å². The smallest absolute Gasteiger partial charge is 0.276 e. The number of hydrogen-bond acceptors (Lipinski definition) is 5. The van der Waals surface area contributed by atoms with E-state index in [0.29, 0.717) is 17.1 Å². The first kappa shape index (κ1) is 11.1. The van der Waals surface area contributed by atoms with Crippen LogP contribution in [0.1, 0.15) is 5.56 Å². The Hall–Kier alpha value is -2.96. The van der Waals surface area contributed by atoms with Gasteiger partial charge in [0.25, 0.3) is 5.56 Å². The zero-order valence-electron chi connectivity index (χ0n) is 9.79. The van der Waals surface area contributed by atoms with Crippen molar-refractivity contribution in [2.45, 2.75) is 0 Å². The summed E-state index contributed by atoms with van der Waals surface area (Å²) in [5, 5.41) is 4.03. The maximum atomic E-state index is 11.5. The number of rotatable bonds is 3. The molecule has 0 unspecified atom stereocenters. The summed E-state index contributed by atoms with van der Waals surface area (Å²) in [6, 6.07) is 9.63. The molecule has 0 aliphatic rings. The average molecular weight is 254 g/mol. The number of hydrazone groups is 1. The highest BCUT2D eigenvalue weighted by atomic mass is 16.1. The van der Waals surface area contributed by atoms with Crippen LogP contribution in [0, 0.1) is 0 Å². The lowest BCUT2D eigenvalue weighted by Crippen LogP contribution is -2.05. The quantitative estimate of drug-likeness (QED) is 0.481. The Balaban J connectivity index is 1.81. The monoisotopic (exact) mass is 254 g/mol. The van der Waals surface area contributed by atoms with Crippen molar-refractivity contribution in [1.82, 2.24) is 19.9 Å². The molecular formula is C12H10N6O. The Morgan fingerprint density at radius 3 is 2.89 bits per heavy atom. The largest absolute Gasteiger partial charge is 0.317 e. The minimum atomic E-state index is -0.266. The molecule has 3 aromatic rings. The highest BCUT2D eigenvalue weighted by Crippen LogP contribution is 2.06. The molecule has 0 aliphatic heterocycles. The number of aromatic nitrogens is 4. The van der Waals surface area contributed by atoms with Crippen LogP contribution in [0.15, 0.2) is 46.6 Å². The standard InChI is InChI=1S/C12H10N6O/c19-11-9-10(13-7-14-11)17-12(16-9)18-15-6-8-4-2-1-3-5-8/h1-7H,(H3,13,14,16,17,18,19). The number of anilines is 1. The van der Waals surface area contributed by atoms with Gasteiger partial charge in [-0.1, -0.05) is 30.3 Å². The van der Waals surface area contributed by atoms with Crippen molar-refractivity contribution >= 4 is 23.3 Å². The predicted molar refractivity (Wildman–Crippen MR) is 72.2 cm³/mol. The maximum Gasteiger partial charge on any atom is 0.276 e. The Labute approximate surface area is 107 Å². The van der Waals surface area contributed by atoms with Crippen molar-refractivity contribution in [2.75, 3.05) is 5.43 Å². The van der Waals surface area contributed by atoms with Gasteiger partial charge in [-0.3, -0.25) is 4.79 Å². The molecule has 19 heavy (non-hydrogen) atoms. The molecule has 0 fully saturated rings. The van der Waals surface area contributed by atoms with Gasteiger partial charge >= 0.3 is 0 Å². The van der Waals surface area contributed by atoms with Gasteiger partial charge in [0.15, 0.2) is 11.2 Å². The Morgan fingerprint density at radius 2 is 2.11 bits per heavy atom. The van der Waals surface area contributed by atoms with Gasteiger partial charge in [0, 0.05) is 0 Å². The number of benzene rings is 1. The highest BCUT2D eigenvalue weighted by molar-refractivity contribution is 5.80. The summed E-state index contributed by atoms with van der Waals surface area (Å²) < 4.78 is 0. The van der Waals surface area contributed by atoms with Crippen molar-refractivity contribution < 1.29 is 0 Å². The topological polar surface area (TPSA) is 98.8 Å². The molecule has 0 spiro atoms. The van der Waals surface area contributed by atoms with Gasteiger partial charge in [0.1, 0.15) is 0 Å². The van der Waals surface area contributed by atoms with Crippen molar-refractivity contribution in [1.29, 1.82) is 0 Å². The summed E-state index contributed by atoms with van der Waals surface area (Å²) in [6.45, 7) is 0. The number of imidazole rings is 1. The van der Waals surface area contributed by atoms with Crippen molar-refractivity contribution in [3.63, 3.8) is 0 Å². The highest BCUT2D eigenvalue weighted by Gasteiger charge is 2.05. The van der Waals surface area contributed by atoms with Gasteiger partial charge in [0.2, 0.25) is 5.95 Å². The Bertz CT molecular complexity index is 774. The average Bonchev–Trinajstić information content (AvgIpc) is 2.84. The van der Waals surface area contributed by atoms with Gasteiger partial charge in [-0.05, 0) is 5.56 Å². The van der Waals surface area contributed by atoms with Gasteiger partial charge < -0.3 is 9.97 Å². The van der Waals surface area contributed by atoms with Crippen LogP contribution < -0.4 is 11.0 Å². The summed E-state index contributed by atoms with van der Waals surface area (Å²) in [6.07, 6.45) is 2.97. The second-order valence-corrected chi connectivity index (χ2v) is 3.80. The third-order valence-electron chi connectivity index (χ3n) is 2.48. The first-order chi connectivity index (χ1) is 9.33. The van der Waals surface area contributed by atoms with Gasteiger partial charge in [0.05, 0.1) is 12.5 Å². The molecule has 0 saturated carbocycles. The molecule has 0 bridgehead atoms. The molecule has 0 amide bonds. The van der Waals surface area contributed by atoms with Crippen LogP contribution in [0.4, 0.5) is 5.95 Å². The second kappa shape index (κ2) is 4.73. The summed E-state index contributed by atoms with van der Waals surface area (Å²) in [4.78, 5) is 24.8. The third kappa shape index (κ3) is 2.34. The van der Waals surface area contributed by atoms with Gasteiger partial charge in [-0.25, -0.2) is 10.4 Å². The van der Waals surface area contributed by atoms with E-state index in [0.717, 1.165) is 5.56 Å². The molecule has 0 atom stereocenters. The molecule has 7 nitrogen and oxygen atoms in total. The zero-order valence-corrected chi connectivity index (χ0v) is 9.79. The van der Waals surface area contributed by atoms with E-state index < -0.39 is 0 Å². The van der Waals surface area contributed by atoms with E-state index in [1.54, 1.807) is 6.21 Å². The van der Waals surface area contributed by atoms with Crippen LogP contribution in [0.25, 0.3) is 11.2 Å². The van der Waals surface area contributed by atoms with Crippen LogP contribution in [-0.2, 0) is 0 Å². The summed E-state index contributed by atoms with van der Waals surface area (Å²) in [5.41, 5.74) is 4.08. The zero-order chi connectivity index (χ0) is 13.1. The molecule has 3 rings (SSSR count). The lowest BCUT2D eigenvalue weighted by atomic mass is 10.2. The van der Waals surface area contributed by atoms with Gasteiger partial charge in [-0.15, -0.1) is 0 Å². The lowest BCUT2D eigenvalue weighted by Gasteiger charge is -1.93. The molecule has 0 radical (unpaired) electrons. The third-order valence-corrected chi connectivity index (χ3v) is 2.48. The first-order valence-corrected chi connectivity index (χ1v) is 5.60. The van der Waals surface area contributed by atoms with Crippen LogP contribution in [-0.4, -0.2) is 26.2 Å². The Kier molecular flexibility index (Phi) is 2.77. The number of fused-ring (bicyclic) bond motifs is 1. The molecule has 2 heterocycles. The molecular weight excluding hydrogens is 244 g/mol. The minimum absolute atomic E-state index is 0.266. The van der Waals surface area contributed by atoms with Crippen LogP contribution in [0.2, 0.25) is 0 Å². The fraction of sp³-hybridized carbons (Fsp3) is 0. The van der Waals surface area contributed by atoms with E-state index in [2.05, 4.69) is 30.5 Å². The van der Waals surface area contributed by atoms with Crippen molar-refractivity contribution in [2.24, 2.45) is 5.10 Å². The normalized spacial score (nSPS) is 11.2. The number of H-pyrrole nitrogens is 2. The minimum Gasteiger partial charge on any atom is -0.317 e. The van der Waals surface area contributed by atoms with E-state index in [1.165, 1.54) is 6.33 Å². The maximum absolute atomic E-state index is 11.5.